The van der Waals surface area contributed by atoms with Crippen LogP contribution in [0.3, 0.4) is 0 Å². The lowest BCUT2D eigenvalue weighted by Gasteiger charge is -2.52. The van der Waals surface area contributed by atoms with E-state index < -0.39 is 0 Å². The maximum atomic E-state index is 6.07. The minimum Gasteiger partial charge on any atom is -0.316 e. The van der Waals surface area contributed by atoms with Gasteiger partial charge < -0.3 is 5.32 Å². The van der Waals surface area contributed by atoms with Crippen LogP contribution in [-0.4, -0.2) is 13.1 Å². The molecule has 0 aliphatic heterocycles. The molecule has 1 atom stereocenters. The van der Waals surface area contributed by atoms with Crippen molar-refractivity contribution in [1.82, 2.24) is 5.32 Å². The standard InChI is InChI=1S/C18H26ClN.ClH/c1-20-17(14-6-3-2-4-7-14)18(12-5-13-18)15-8-10-16(19)11-9-15;/h8-11,14,17,20H,2-7,12-13H2,1H3;1H. The van der Waals surface area contributed by atoms with Crippen LogP contribution in [0.5, 0.6) is 0 Å². The number of nitrogens with one attached hydrogen (secondary N) is 1. The summed E-state index contributed by atoms with van der Waals surface area (Å²) in [5.41, 5.74) is 1.86. The Hall–Kier alpha value is -0.240. The molecule has 1 aromatic carbocycles. The van der Waals surface area contributed by atoms with Crippen molar-refractivity contribution >= 4 is 24.0 Å². The molecule has 3 rings (SSSR count). The monoisotopic (exact) mass is 327 g/mol. The summed E-state index contributed by atoms with van der Waals surface area (Å²) >= 11 is 6.07. The van der Waals surface area contributed by atoms with Crippen molar-refractivity contribution in [3.05, 3.63) is 34.9 Å². The van der Waals surface area contributed by atoms with Gasteiger partial charge in [-0.2, -0.15) is 0 Å². The Morgan fingerprint density at radius 2 is 1.67 bits per heavy atom. The Bertz CT molecular complexity index is 433. The Kier molecular flexibility index (Phi) is 5.99. The van der Waals surface area contributed by atoms with Gasteiger partial charge in [-0.05, 0) is 56.3 Å². The molecule has 2 aliphatic rings. The largest absolute Gasteiger partial charge is 0.316 e. The zero-order chi connectivity index (χ0) is 14.0. The van der Waals surface area contributed by atoms with Gasteiger partial charge in [0.2, 0.25) is 0 Å². The van der Waals surface area contributed by atoms with E-state index in [1.165, 1.54) is 56.9 Å². The van der Waals surface area contributed by atoms with Crippen molar-refractivity contribution in [3.63, 3.8) is 0 Å². The summed E-state index contributed by atoms with van der Waals surface area (Å²) in [5, 5.41) is 4.54. The van der Waals surface area contributed by atoms with E-state index in [-0.39, 0.29) is 12.4 Å². The highest BCUT2D eigenvalue weighted by Crippen LogP contribution is 2.50. The maximum Gasteiger partial charge on any atom is 0.0406 e. The van der Waals surface area contributed by atoms with Crippen LogP contribution in [0.4, 0.5) is 0 Å². The minimum atomic E-state index is 0. The first-order chi connectivity index (χ1) is 9.76. The Balaban J connectivity index is 0.00000161. The molecular formula is C18H27Cl2N. The van der Waals surface area contributed by atoms with E-state index >= 15 is 0 Å². The molecule has 0 bridgehead atoms. The summed E-state index contributed by atoms with van der Waals surface area (Å²) in [7, 11) is 2.16. The lowest BCUT2D eigenvalue weighted by atomic mass is 9.56. The molecule has 1 N–H and O–H groups in total. The molecule has 0 aromatic heterocycles. The predicted molar refractivity (Wildman–Crippen MR) is 93.7 cm³/mol. The molecule has 0 amide bonds. The van der Waals surface area contributed by atoms with Gasteiger partial charge in [-0.3, -0.25) is 0 Å². The van der Waals surface area contributed by atoms with Crippen LogP contribution in [0.15, 0.2) is 24.3 Å². The first kappa shape index (κ1) is 17.1. The third-order valence-corrected chi connectivity index (χ3v) is 5.94. The fourth-order valence-electron chi connectivity index (χ4n) is 4.55. The molecule has 0 radical (unpaired) electrons. The number of likely N-dealkylation sites (N-methyl/N-ethyl adjacent to an activating group) is 1. The smallest absolute Gasteiger partial charge is 0.0406 e. The Labute approximate surface area is 140 Å². The van der Waals surface area contributed by atoms with E-state index in [9.17, 15) is 0 Å². The third-order valence-electron chi connectivity index (χ3n) is 5.69. The number of halogens is 2. The third kappa shape index (κ3) is 3.25. The second-order valence-corrected chi connectivity index (χ2v) is 7.12. The van der Waals surface area contributed by atoms with E-state index in [0.29, 0.717) is 11.5 Å². The van der Waals surface area contributed by atoms with Gasteiger partial charge in [0, 0.05) is 16.5 Å². The Morgan fingerprint density at radius 1 is 1.05 bits per heavy atom. The molecule has 1 unspecified atom stereocenters. The predicted octanol–water partition coefficient (Wildman–Crippen LogP) is 5.35. The molecule has 1 aromatic rings. The lowest BCUT2D eigenvalue weighted by Crippen LogP contribution is -2.55. The van der Waals surface area contributed by atoms with Gasteiger partial charge in [0.05, 0.1) is 0 Å². The fraction of sp³-hybridized carbons (Fsp3) is 0.667. The van der Waals surface area contributed by atoms with Gasteiger partial charge in [-0.25, -0.2) is 0 Å². The molecule has 0 saturated heterocycles. The lowest BCUT2D eigenvalue weighted by molar-refractivity contribution is 0.111. The molecule has 118 valence electrons. The minimum absolute atomic E-state index is 0. The topological polar surface area (TPSA) is 12.0 Å². The second kappa shape index (κ2) is 7.35. The van der Waals surface area contributed by atoms with Crippen LogP contribution in [-0.2, 0) is 5.41 Å². The summed E-state index contributed by atoms with van der Waals surface area (Å²) in [6, 6.07) is 9.27. The van der Waals surface area contributed by atoms with Crippen LogP contribution >= 0.6 is 24.0 Å². The molecule has 0 heterocycles. The highest BCUT2D eigenvalue weighted by molar-refractivity contribution is 6.30. The van der Waals surface area contributed by atoms with Crippen LogP contribution in [0.2, 0.25) is 5.02 Å². The van der Waals surface area contributed by atoms with Gasteiger partial charge >= 0.3 is 0 Å². The molecule has 2 saturated carbocycles. The molecule has 2 aliphatic carbocycles. The van der Waals surface area contributed by atoms with E-state index in [1.54, 1.807) is 0 Å². The van der Waals surface area contributed by atoms with Crippen LogP contribution in [0.1, 0.15) is 56.9 Å². The molecule has 21 heavy (non-hydrogen) atoms. The van der Waals surface area contributed by atoms with Gasteiger partial charge in [-0.15, -0.1) is 12.4 Å². The zero-order valence-corrected chi connectivity index (χ0v) is 14.5. The SMILES string of the molecule is CNC(C1CCCCC1)C1(c2ccc(Cl)cc2)CCC1.Cl. The fourth-order valence-corrected chi connectivity index (χ4v) is 4.68. The number of hydrogen-bond donors (Lipinski definition) is 1. The van der Waals surface area contributed by atoms with E-state index in [2.05, 4.69) is 36.6 Å². The van der Waals surface area contributed by atoms with Crippen molar-refractivity contribution < 1.29 is 0 Å². The first-order valence-corrected chi connectivity index (χ1v) is 8.57. The van der Waals surface area contributed by atoms with Crippen molar-refractivity contribution in [2.24, 2.45) is 5.92 Å². The zero-order valence-electron chi connectivity index (χ0n) is 12.9. The summed E-state index contributed by atoms with van der Waals surface area (Å²) in [5.74, 6) is 0.852. The normalized spacial score (nSPS) is 23.0. The van der Waals surface area contributed by atoms with Crippen molar-refractivity contribution in [3.8, 4) is 0 Å². The van der Waals surface area contributed by atoms with Crippen molar-refractivity contribution in [2.75, 3.05) is 7.05 Å². The van der Waals surface area contributed by atoms with E-state index in [4.69, 9.17) is 11.6 Å². The summed E-state index contributed by atoms with van der Waals surface area (Å²) < 4.78 is 0. The summed E-state index contributed by atoms with van der Waals surface area (Å²) in [6.07, 6.45) is 11.1. The van der Waals surface area contributed by atoms with Crippen molar-refractivity contribution in [2.45, 2.75) is 62.8 Å². The van der Waals surface area contributed by atoms with Gasteiger partial charge in [0.25, 0.3) is 0 Å². The average molecular weight is 328 g/mol. The molecule has 2 fully saturated rings. The highest BCUT2D eigenvalue weighted by Gasteiger charge is 2.47. The first-order valence-electron chi connectivity index (χ1n) is 8.19. The summed E-state index contributed by atoms with van der Waals surface area (Å²) in [4.78, 5) is 0. The van der Waals surface area contributed by atoms with Gasteiger partial charge in [0.1, 0.15) is 0 Å². The molecule has 1 nitrogen and oxygen atoms in total. The quantitative estimate of drug-likeness (QED) is 0.785. The van der Waals surface area contributed by atoms with Gasteiger partial charge in [0.15, 0.2) is 0 Å². The molecular weight excluding hydrogens is 301 g/mol. The van der Waals surface area contributed by atoms with Crippen LogP contribution in [0.25, 0.3) is 0 Å². The van der Waals surface area contributed by atoms with Gasteiger partial charge in [-0.1, -0.05) is 49.4 Å². The second-order valence-electron chi connectivity index (χ2n) is 6.68. The van der Waals surface area contributed by atoms with Crippen LogP contribution in [0, 0.1) is 5.92 Å². The Morgan fingerprint density at radius 3 is 2.14 bits per heavy atom. The molecule has 3 heteroatoms. The number of benzene rings is 1. The van der Waals surface area contributed by atoms with Crippen molar-refractivity contribution in [1.29, 1.82) is 0 Å². The highest BCUT2D eigenvalue weighted by atomic mass is 35.5. The van der Waals surface area contributed by atoms with E-state index in [1.807, 2.05) is 0 Å². The van der Waals surface area contributed by atoms with Crippen LogP contribution < -0.4 is 5.32 Å². The molecule has 0 spiro atoms. The summed E-state index contributed by atoms with van der Waals surface area (Å²) in [6.45, 7) is 0. The average Bonchev–Trinajstić information content (AvgIpc) is 2.45. The number of rotatable bonds is 4. The maximum absolute atomic E-state index is 6.07. The van der Waals surface area contributed by atoms with E-state index in [0.717, 1.165) is 10.9 Å². The number of hydrogen-bond acceptors (Lipinski definition) is 1.